The zero-order valence-electron chi connectivity index (χ0n) is 13.3. The second-order valence-corrected chi connectivity index (χ2v) is 7.09. The summed E-state index contributed by atoms with van der Waals surface area (Å²) in [5.41, 5.74) is 2.54. The molecule has 0 spiro atoms. The van der Waals surface area contributed by atoms with Gasteiger partial charge in [-0.15, -0.1) is 10.2 Å². The van der Waals surface area contributed by atoms with E-state index in [4.69, 9.17) is 0 Å². The summed E-state index contributed by atoms with van der Waals surface area (Å²) in [6.45, 7) is 0. The van der Waals surface area contributed by atoms with Gasteiger partial charge in [-0.1, -0.05) is 43.2 Å². The summed E-state index contributed by atoms with van der Waals surface area (Å²) in [5, 5.41) is 12.0. The van der Waals surface area contributed by atoms with Crippen LogP contribution >= 0.6 is 11.8 Å². The molecule has 6 nitrogen and oxygen atoms in total. The molecule has 1 amide bonds. The summed E-state index contributed by atoms with van der Waals surface area (Å²) in [4.78, 5) is 16.9. The van der Waals surface area contributed by atoms with Gasteiger partial charge >= 0.3 is 0 Å². The van der Waals surface area contributed by atoms with Crippen molar-refractivity contribution in [1.29, 1.82) is 0 Å². The molecule has 0 atom stereocenters. The molecule has 2 aromatic heterocycles. The van der Waals surface area contributed by atoms with Crippen molar-refractivity contribution in [3.8, 4) is 0 Å². The Morgan fingerprint density at radius 3 is 2.96 bits per heavy atom. The number of aromatic nitrogens is 4. The minimum absolute atomic E-state index is 0.0690. The van der Waals surface area contributed by atoms with Crippen LogP contribution in [0.3, 0.4) is 0 Å². The van der Waals surface area contributed by atoms with Crippen LogP contribution in [0.1, 0.15) is 32.1 Å². The number of para-hydroxylation sites is 2. The van der Waals surface area contributed by atoms with Crippen LogP contribution in [0.2, 0.25) is 0 Å². The van der Waals surface area contributed by atoms with Crippen LogP contribution in [0.15, 0.2) is 35.6 Å². The average molecular weight is 341 g/mol. The van der Waals surface area contributed by atoms with Gasteiger partial charge in [0.15, 0.2) is 5.65 Å². The van der Waals surface area contributed by atoms with Crippen molar-refractivity contribution in [1.82, 2.24) is 24.9 Å². The third-order valence-corrected chi connectivity index (χ3v) is 5.37. The fraction of sp³-hybridized carbons (Fsp3) is 0.412. The van der Waals surface area contributed by atoms with E-state index in [-0.39, 0.29) is 5.91 Å². The lowest BCUT2D eigenvalue weighted by Crippen LogP contribution is -2.37. The van der Waals surface area contributed by atoms with Crippen molar-refractivity contribution >= 4 is 34.3 Å². The molecule has 0 saturated heterocycles. The van der Waals surface area contributed by atoms with E-state index in [2.05, 4.69) is 20.5 Å². The Hall–Kier alpha value is -2.15. The molecule has 1 N–H and O–H groups in total. The number of nitrogens with zero attached hydrogens (tertiary/aromatic N) is 4. The Balaban J connectivity index is 1.51. The molecule has 3 aromatic rings. The first kappa shape index (κ1) is 15.4. The third kappa shape index (κ3) is 3.08. The molecule has 0 unspecified atom stereocenters. The van der Waals surface area contributed by atoms with Crippen molar-refractivity contribution in [3.05, 3.63) is 30.6 Å². The number of carbonyl (C=O) groups is 1. The van der Waals surface area contributed by atoms with E-state index in [9.17, 15) is 4.79 Å². The quantitative estimate of drug-likeness (QED) is 0.739. The van der Waals surface area contributed by atoms with Crippen molar-refractivity contribution in [2.24, 2.45) is 0 Å². The number of hydrogen-bond donors (Lipinski definition) is 1. The van der Waals surface area contributed by atoms with E-state index < -0.39 is 0 Å². The Kier molecular flexibility index (Phi) is 4.34. The molecule has 4 rings (SSSR count). The van der Waals surface area contributed by atoms with Crippen molar-refractivity contribution in [2.45, 2.75) is 43.2 Å². The number of nitrogens with one attached hydrogen (secondary N) is 1. The Morgan fingerprint density at radius 2 is 2.08 bits per heavy atom. The minimum atomic E-state index is 0.0690. The second kappa shape index (κ2) is 6.76. The van der Waals surface area contributed by atoms with E-state index in [1.807, 2.05) is 28.7 Å². The molecule has 7 heteroatoms. The van der Waals surface area contributed by atoms with Gasteiger partial charge in [0.25, 0.3) is 0 Å². The molecule has 1 fully saturated rings. The molecule has 2 heterocycles. The van der Waals surface area contributed by atoms with Gasteiger partial charge < -0.3 is 5.32 Å². The fourth-order valence-corrected chi connectivity index (χ4v) is 4.01. The minimum Gasteiger partial charge on any atom is -0.353 e. The second-order valence-electron chi connectivity index (χ2n) is 6.12. The van der Waals surface area contributed by atoms with Gasteiger partial charge in [0.2, 0.25) is 5.91 Å². The van der Waals surface area contributed by atoms with Crippen LogP contribution in [-0.4, -0.2) is 37.3 Å². The predicted octanol–water partition coefficient (Wildman–Crippen LogP) is 2.82. The van der Waals surface area contributed by atoms with E-state index in [1.54, 1.807) is 6.33 Å². The molecular weight excluding hydrogens is 322 g/mol. The number of benzene rings is 1. The van der Waals surface area contributed by atoms with Crippen LogP contribution in [0.4, 0.5) is 0 Å². The molecule has 0 aliphatic heterocycles. The van der Waals surface area contributed by atoms with Crippen LogP contribution in [0, 0.1) is 0 Å². The molecule has 124 valence electrons. The lowest BCUT2D eigenvalue weighted by Gasteiger charge is -2.22. The lowest BCUT2D eigenvalue weighted by atomic mass is 9.95. The lowest BCUT2D eigenvalue weighted by molar-refractivity contribution is -0.119. The van der Waals surface area contributed by atoms with Crippen LogP contribution in [-0.2, 0) is 4.79 Å². The van der Waals surface area contributed by atoms with E-state index in [1.165, 1.54) is 31.0 Å². The average Bonchev–Trinajstić information content (AvgIpc) is 3.11. The van der Waals surface area contributed by atoms with Gasteiger partial charge in [-0.2, -0.15) is 0 Å². The van der Waals surface area contributed by atoms with Crippen molar-refractivity contribution < 1.29 is 4.79 Å². The first-order chi connectivity index (χ1) is 11.8. The Labute approximate surface area is 144 Å². The molecule has 1 aliphatic carbocycles. The number of rotatable bonds is 4. The monoisotopic (exact) mass is 341 g/mol. The smallest absolute Gasteiger partial charge is 0.230 e. The highest BCUT2D eigenvalue weighted by molar-refractivity contribution is 8.00. The zero-order chi connectivity index (χ0) is 16.4. The highest BCUT2D eigenvalue weighted by Gasteiger charge is 2.17. The largest absolute Gasteiger partial charge is 0.353 e. The number of hydrogen-bond acceptors (Lipinski definition) is 5. The normalized spacial score (nSPS) is 15.8. The van der Waals surface area contributed by atoms with Crippen molar-refractivity contribution in [3.63, 3.8) is 0 Å². The fourth-order valence-electron chi connectivity index (χ4n) is 3.23. The summed E-state index contributed by atoms with van der Waals surface area (Å²) in [5.74, 6) is 0.421. The Bertz CT molecular complexity index is 872. The number of amides is 1. The van der Waals surface area contributed by atoms with Gasteiger partial charge in [-0.25, -0.2) is 4.98 Å². The van der Waals surface area contributed by atoms with Gasteiger partial charge in [0.1, 0.15) is 11.4 Å². The molecule has 0 radical (unpaired) electrons. The highest BCUT2D eigenvalue weighted by Crippen LogP contribution is 2.24. The van der Waals surface area contributed by atoms with E-state index in [0.717, 1.165) is 28.9 Å². The standard InChI is InChI=1S/C17H19N5OS/c23-15(19-12-6-2-1-3-7-12)10-24-17-16-21-18-11-22(16)14-9-5-4-8-13(14)20-17/h4-5,8-9,11-12H,1-3,6-7,10H2,(H,19,23). The molecular formula is C17H19N5OS. The van der Waals surface area contributed by atoms with Crippen LogP contribution in [0.25, 0.3) is 16.7 Å². The molecule has 0 bridgehead atoms. The van der Waals surface area contributed by atoms with Gasteiger partial charge in [-0.3, -0.25) is 9.20 Å². The maximum atomic E-state index is 12.2. The summed E-state index contributed by atoms with van der Waals surface area (Å²) < 4.78 is 1.92. The molecule has 1 aliphatic rings. The number of carbonyl (C=O) groups excluding carboxylic acids is 1. The summed E-state index contributed by atoms with van der Waals surface area (Å²) in [6, 6.07) is 8.21. The van der Waals surface area contributed by atoms with Gasteiger partial charge in [0.05, 0.1) is 16.8 Å². The van der Waals surface area contributed by atoms with Crippen LogP contribution < -0.4 is 5.32 Å². The summed E-state index contributed by atoms with van der Waals surface area (Å²) in [7, 11) is 0. The van der Waals surface area contributed by atoms with Crippen molar-refractivity contribution in [2.75, 3.05) is 5.75 Å². The molecule has 1 saturated carbocycles. The van der Waals surface area contributed by atoms with Gasteiger partial charge in [-0.05, 0) is 25.0 Å². The van der Waals surface area contributed by atoms with Crippen LogP contribution in [0.5, 0.6) is 0 Å². The number of fused-ring (bicyclic) bond motifs is 3. The third-order valence-electron chi connectivity index (χ3n) is 4.41. The maximum absolute atomic E-state index is 12.2. The topological polar surface area (TPSA) is 72.2 Å². The number of thioether (sulfide) groups is 1. The van der Waals surface area contributed by atoms with E-state index in [0.29, 0.717) is 17.4 Å². The zero-order valence-corrected chi connectivity index (χ0v) is 14.1. The van der Waals surface area contributed by atoms with E-state index >= 15 is 0 Å². The summed E-state index contributed by atoms with van der Waals surface area (Å²) >= 11 is 1.42. The first-order valence-electron chi connectivity index (χ1n) is 8.32. The Morgan fingerprint density at radius 1 is 1.25 bits per heavy atom. The SMILES string of the molecule is O=C(CSc1nc2ccccc2n2cnnc12)NC1CCCCC1. The summed E-state index contributed by atoms with van der Waals surface area (Å²) in [6.07, 6.45) is 7.59. The highest BCUT2D eigenvalue weighted by atomic mass is 32.2. The molecule has 1 aromatic carbocycles. The van der Waals surface area contributed by atoms with Gasteiger partial charge in [0, 0.05) is 6.04 Å². The first-order valence-corrected chi connectivity index (χ1v) is 9.30. The molecule has 24 heavy (non-hydrogen) atoms. The predicted molar refractivity (Wildman–Crippen MR) is 94.0 cm³/mol. The maximum Gasteiger partial charge on any atom is 0.230 e.